The van der Waals surface area contributed by atoms with Crippen LogP contribution in [-0.2, 0) is 6.54 Å². The molecule has 3 heterocycles. The number of benzene rings is 1. The highest BCUT2D eigenvalue weighted by atomic mass is 35.5. The zero-order valence-corrected chi connectivity index (χ0v) is 13.7. The van der Waals surface area contributed by atoms with E-state index in [1.54, 1.807) is 47.1 Å². The minimum atomic E-state index is -0.569. The van der Waals surface area contributed by atoms with Gasteiger partial charge in [-0.05, 0) is 24.3 Å². The van der Waals surface area contributed by atoms with Gasteiger partial charge in [0.15, 0.2) is 5.82 Å². The summed E-state index contributed by atoms with van der Waals surface area (Å²) in [6.45, 7) is 0.211. The van der Waals surface area contributed by atoms with Crippen LogP contribution in [0.5, 0.6) is 0 Å². The summed E-state index contributed by atoms with van der Waals surface area (Å²) in [7, 11) is 0. The Morgan fingerprint density at radius 3 is 2.75 bits per heavy atom. The second-order valence-corrected chi connectivity index (χ2v) is 6.03. The zero-order valence-electron chi connectivity index (χ0n) is 12.2. The van der Waals surface area contributed by atoms with Gasteiger partial charge in [0.05, 0.1) is 22.3 Å². The Balaban J connectivity index is 1.78. The van der Waals surface area contributed by atoms with E-state index in [9.17, 15) is 4.79 Å². The Morgan fingerprint density at radius 2 is 1.92 bits per heavy atom. The normalized spacial score (nSPS) is 11.2. The molecule has 1 aromatic carbocycles. The van der Waals surface area contributed by atoms with E-state index in [0.29, 0.717) is 27.1 Å². The molecule has 0 unspecified atom stereocenters. The molecule has 0 saturated carbocycles. The van der Waals surface area contributed by atoms with Gasteiger partial charge in [0.25, 0.3) is 0 Å². The van der Waals surface area contributed by atoms with Crippen LogP contribution in [0.4, 0.5) is 0 Å². The molecule has 0 spiro atoms. The predicted octanol–water partition coefficient (Wildman–Crippen LogP) is 3.51. The summed E-state index contributed by atoms with van der Waals surface area (Å²) in [6.07, 6.45) is 3.55. The van der Waals surface area contributed by atoms with Crippen LogP contribution < -0.4 is 5.76 Å². The Hall–Kier alpha value is -2.57. The summed E-state index contributed by atoms with van der Waals surface area (Å²) in [4.78, 5) is 16.5. The van der Waals surface area contributed by atoms with Crippen molar-refractivity contribution in [3.8, 4) is 11.4 Å². The average molecular weight is 361 g/mol. The summed E-state index contributed by atoms with van der Waals surface area (Å²) >= 11 is 12.2. The Labute approximate surface area is 145 Å². The Morgan fingerprint density at radius 1 is 1.08 bits per heavy atom. The first-order valence-corrected chi connectivity index (χ1v) is 7.82. The number of fused-ring (bicyclic) bond motifs is 1. The predicted molar refractivity (Wildman–Crippen MR) is 90.5 cm³/mol. The molecule has 0 N–H and O–H groups in total. The van der Waals surface area contributed by atoms with Crippen LogP contribution in [0.15, 0.2) is 58.1 Å². The number of hydrogen-bond acceptors (Lipinski definition) is 4. The molecule has 0 atom stereocenters. The largest absolute Gasteiger partial charge is 0.442 e. The first-order chi connectivity index (χ1) is 11.6. The van der Waals surface area contributed by atoms with Crippen molar-refractivity contribution in [2.75, 3.05) is 0 Å². The number of rotatable bonds is 3. The van der Waals surface area contributed by atoms with E-state index in [1.807, 2.05) is 6.07 Å². The van der Waals surface area contributed by atoms with Gasteiger partial charge in [-0.3, -0.25) is 9.09 Å². The topological polar surface area (TPSA) is 65.3 Å². The standard InChI is InChI=1S/C16H10Cl2N4O2/c17-10-5-6-14-19-11(8-21(14)7-10)9-22-15(20-24-16(22)23)12-3-1-2-4-13(12)18/h1-8H,9H2. The number of pyridine rings is 1. The smallest absolute Gasteiger partial charge is 0.305 e. The average Bonchev–Trinajstić information content (AvgIpc) is 3.12. The first kappa shape index (κ1) is 15.0. The van der Waals surface area contributed by atoms with Gasteiger partial charge in [0, 0.05) is 18.0 Å². The summed E-state index contributed by atoms with van der Waals surface area (Å²) in [5.74, 6) is -0.208. The van der Waals surface area contributed by atoms with Crippen molar-refractivity contribution >= 4 is 28.8 Å². The molecule has 3 aromatic heterocycles. The van der Waals surface area contributed by atoms with Crippen molar-refractivity contribution in [3.63, 3.8) is 0 Å². The molecule has 0 aliphatic heterocycles. The van der Waals surface area contributed by atoms with Gasteiger partial charge < -0.3 is 4.40 Å². The molecule has 4 aromatic rings. The third-order valence-corrected chi connectivity index (χ3v) is 4.14. The number of aromatic nitrogens is 4. The molecule has 24 heavy (non-hydrogen) atoms. The number of imidazole rings is 1. The van der Waals surface area contributed by atoms with Gasteiger partial charge in [-0.25, -0.2) is 9.78 Å². The molecular formula is C16H10Cl2N4O2. The van der Waals surface area contributed by atoms with Gasteiger partial charge >= 0.3 is 5.76 Å². The fraction of sp³-hybridized carbons (Fsp3) is 0.0625. The monoisotopic (exact) mass is 360 g/mol. The molecule has 4 rings (SSSR count). The molecule has 0 fully saturated rings. The van der Waals surface area contributed by atoms with E-state index in [2.05, 4.69) is 10.1 Å². The lowest BCUT2D eigenvalue weighted by atomic mass is 10.2. The van der Waals surface area contributed by atoms with Crippen molar-refractivity contribution in [1.82, 2.24) is 19.1 Å². The second kappa shape index (κ2) is 5.81. The van der Waals surface area contributed by atoms with Crippen LogP contribution in [0.25, 0.3) is 17.0 Å². The van der Waals surface area contributed by atoms with E-state index in [1.165, 1.54) is 4.57 Å². The van der Waals surface area contributed by atoms with Crippen molar-refractivity contribution < 1.29 is 4.52 Å². The van der Waals surface area contributed by atoms with Gasteiger partial charge in [0.1, 0.15) is 5.65 Å². The Bertz CT molecular complexity index is 1100. The van der Waals surface area contributed by atoms with Crippen molar-refractivity contribution in [1.29, 1.82) is 0 Å². The van der Waals surface area contributed by atoms with Crippen molar-refractivity contribution in [3.05, 3.63) is 75.1 Å². The van der Waals surface area contributed by atoms with E-state index < -0.39 is 5.76 Å². The molecule has 0 aliphatic rings. The van der Waals surface area contributed by atoms with E-state index in [4.69, 9.17) is 27.7 Å². The number of halogens is 2. The van der Waals surface area contributed by atoms with Crippen molar-refractivity contribution in [2.45, 2.75) is 6.54 Å². The maximum atomic E-state index is 12.0. The molecule has 0 radical (unpaired) electrons. The van der Waals surface area contributed by atoms with Gasteiger partial charge in [0.2, 0.25) is 0 Å². The summed E-state index contributed by atoms with van der Waals surface area (Å²) in [5.41, 5.74) is 2.03. The molecule has 8 heteroatoms. The van der Waals surface area contributed by atoms with Crippen LogP contribution in [0, 0.1) is 0 Å². The number of hydrogen-bond donors (Lipinski definition) is 0. The lowest BCUT2D eigenvalue weighted by Crippen LogP contribution is -2.16. The van der Waals surface area contributed by atoms with E-state index >= 15 is 0 Å². The molecule has 6 nitrogen and oxygen atoms in total. The molecule has 0 aliphatic carbocycles. The van der Waals surface area contributed by atoms with Crippen LogP contribution >= 0.6 is 23.2 Å². The molecule has 0 saturated heterocycles. The minimum Gasteiger partial charge on any atom is -0.305 e. The fourth-order valence-corrected chi connectivity index (χ4v) is 2.89. The number of nitrogens with zero attached hydrogens (tertiary/aromatic N) is 4. The summed E-state index contributed by atoms with van der Waals surface area (Å²) in [5, 5.41) is 4.94. The van der Waals surface area contributed by atoms with Gasteiger partial charge in [-0.2, -0.15) is 0 Å². The van der Waals surface area contributed by atoms with E-state index in [0.717, 1.165) is 5.65 Å². The third kappa shape index (κ3) is 2.60. The second-order valence-electron chi connectivity index (χ2n) is 5.18. The quantitative estimate of drug-likeness (QED) is 0.560. The van der Waals surface area contributed by atoms with Crippen LogP contribution in [-0.4, -0.2) is 19.1 Å². The third-order valence-electron chi connectivity index (χ3n) is 3.59. The SMILES string of the molecule is O=c1onc(-c2ccccc2Cl)n1Cc1cn2cc(Cl)ccc2n1. The summed E-state index contributed by atoms with van der Waals surface area (Å²) < 4.78 is 8.00. The van der Waals surface area contributed by atoms with Crippen LogP contribution in [0.2, 0.25) is 10.0 Å². The molecule has 120 valence electrons. The Kier molecular flexibility index (Phi) is 3.63. The highest BCUT2D eigenvalue weighted by Crippen LogP contribution is 2.25. The van der Waals surface area contributed by atoms with E-state index in [-0.39, 0.29) is 6.54 Å². The lowest BCUT2D eigenvalue weighted by Gasteiger charge is -2.04. The summed E-state index contributed by atoms with van der Waals surface area (Å²) in [6, 6.07) is 10.7. The molecule has 0 bridgehead atoms. The molecule has 0 amide bonds. The van der Waals surface area contributed by atoms with Gasteiger partial charge in [-0.1, -0.05) is 40.5 Å². The highest BCUT2D eigenvalue weighted by molar-refractivity contribution is 6.33. The van der Waals surface area contributed by atoms with Crippen LogP contribution in [0.1, 0.15) is 5.69 Å². The maximum Gasteiger partial charge on any atom is 0.442 e. The maximum absolute atomic E-state index is 12.0. The van der Waals surface area contributed by atoms with Gasteiger partial charge in [-0.15, -0.1) is 0 Å². The minimum absolute atomic E-state index is 0.211. The van der Waals surface area contributed by atoms with Crippen LogP contribution in [0.3, 0.4) is 0 Å². The highest BCUT2D eigenvalue weighted by Gasteiger charge is 2.16. The fourth-order valence-electron chi connectivity index (χ4n) is 2.50. The lowest BCUT2D eigenvalue weighted by molar-refractivity contribution is 0.378. The van der Waals surface area contributed by atoms with Crippen molar-refractivity contribution in [2.24, 2.45) is 0 Å². The molecular weight excluding hydrogens is 351 g/mol. The first-order valence-electron chi connectivity index (χ1n) is 7.06. The zero-order chi connectivity index (χ0) is 16.7.